The lowest BCUT2D eigenvalue weighted by Crippen LogP contribution is -2.09. The van der Waals surface area contributed by atoms with E-state index in [0.717, 1.165) is 35.3 Å². The lowest BCUT2D eigenvalue weighted by atomic mass is 9.97. The maximum absolute atomic E-state index is 9.75. The van der Waals surface area contributed by atoms with Crippen LogP contribution in [0.25, 0.3) is 6.08 Å². The van der Waals surface area contributed by atoms with E-state index in [0.29, 0.717) is 11.5 Å². The van der Waals surface area contributed by atoms with Gasteiger partial charge in [0.15, 0.2) is 11.5 Å². The Balaban J connectivity index is 1.87. The molecule has 1 aliphatic rings. The van der Waals surface area contributed by atoms with Crippen molar-refractivity contribution < 1.29 is 24.4 Å². The minimum atomic E-state index is 0.126. The Hall–Kier alpha value is -2.82. The Morgan fingerprint density at radius 2 is 1.88 bits per heavy atom. The lowest BCUT2D eigenvalue weighted by molar-refractivity contribution is 0.265. The van der Waals surface area contributed by atoms with Crippen LogP contribution < -0.4 is 14.2 Å². The molecule has 0 unspecified atom stereocenters. The number of hydrogen-bond donors (Lipinski definition) is 2. The number of fused-ring (bicyclic) bond motifs is 1. The fraction of sp³-hybridized carbons (Fsp3) is 0.263. The zero-order valence-corrected chi connectivity index (χ0v) is 13.7. The minimum absolute atomic E-state index is 0.126. The zero-order valence-electron chi connectivity index (χ0n) is 13.7. The normalized spacial score (nSPS) is 12.8. The number of methoxy groups -OCH3 is 2. The van der Waals surface area contributed by atoms with Crippen molar-refractivity contribution in [1.29, 1.82) is 0 Å². The molecule has 2 N–H and O–H groups in total. The van der Waals surface area contributed by atoms with Crippen molar-refractivity contribution in [2.75, 3.05) is 20.8 Å². The van der Waals surface area contributed by atoms with Gasteiger partial charge in [-0.1, -0.05) is 6.07 Å². The predicted octanol–water partition coefficient (Wildman–Crippen LogP) is 3.49. The van der Waals surface area contributed by atoms with Crippen molar-refractivity contribution in [2.45, 2.75) is 12.8 Å². The molecule has 3 rings (SSSR count). The first-order valence-electron chi connectivity index (χ1n) is 7.70. The average Bonchev–Trinajstić information content (AvgIpc) is 2.60. The third kappa shape index (κ3) is 3.25. The molecule has 2 aromatic rings. The van der Waals surface area contributed by atoms with Crippen LogP contribution in [0.15, 0.2) is 36.1 Å². The molecule has 0 radical (unpaired) electrons. The summed E-state index contributed by atoms with van der Waals surface area (Å²) in [6.45, 7) is 0.175. The van der Waals surface area contributed by atoms with E-state index in [-0.39, 0.29) is 18.1 Å². The van der Waals surface area contributed by atoms with Gasteiger partial charge in [0.1, 0.15) is 23.9 Å². The van der Waals surface area contributed by atoms with Gasteiger partial charge in [0.05, 0.1) is 14.2 Å². The van der Waals surface area contributed by atoms with Crippen LogP contribution in [-0.4, -0.2) is 31.0 Å². The molecule has 0 aromatic heterocycles. The highest BCUT2D eigenvalue weighted by Crippen LogP contribution is 2.34. The molecule has 0 bridgehead atoms. The largest absolute Gasteiger partial charge is 0.509 e. The van der Waals surface area contributed by atoms with Gasteiger partial charge in [-0.2, -0.15) is 0 Å². The fourth-order valence-electron chi connectivity index (χ4n) is 2.78. The summed E-state index contributed by atoms with van der Waals surface area (Å²) >= 11 is 0. The molecule has 0 saturated heterocycles. The number of aromatic hydroxyl groups is 1. The van der Waals surface area contributed by atoms with Crippen molar-refractivity contribution in [1.82, 2.24) is 0 Å². The number of aliphatic hydroxyl groups excluding tert-OH is 1. The van der Waals surface area contributed by atoms with Crippen molar-refractivity contribution in [3.63, 3.8) is 0 Å². The predicted molar refractivity (Wildman–Crippen MR) is 91.2 cm³/mol. The van der Waals surface area contributed by atoms with E-state index in [1.165, 1.54) is 7.11 Å². The van der Waals surface area contributed by atoms with E-state index in [9.17, 15) is 10.2 Å². The number of aryl methyl sites for hydroxylation is 2. The van der Waals surface area contributed by atoms with Crippen LogP contribution in [0.2, 0.25) is 0 Å². The van der Waals surface area contributed by atoms with Crippen molar-refractivity contribution in [3.8, 4) is 23.0 Å². The molecule has 0 aliphatic carbocycles. The van der Waals surface area contributed by atoms with Crippen LogP contribution in [0, 0.1) is 0 Å². The van der Waals surface area contributed by atoms with Crippen LogP contribution >= 0.6 is 0 Å². The summed E-state index contributed by atoms with van der Waals surface area (Å²) in [6, 6.07) is 9.10. The molecule has 1 aliphatic heterocycles. The number of benzene rings is 2. The van der Waals surface area contributed by atoms with Gasteiger partial charge in [-0.25, -0.2) is 0 Å². The van der Waals surface area contributed by atoms with Gasteiger partial charge >= 0.3 is 0 Å². The van der Waals surface area contributed by atoms with E-state index < -0.39 is 0 Å². The minimum Gasteiger partial charge on any atom is -0.509 e. The average molecular weight is 328 g/mol. The molecule has 0 fully saturated rings. The smallest absolute Gasteiger partial charge is 0.160 e. The maximum atomic E-state index is 9.75. The van der Waals surface area contributed by atoms with Gasteiger partial charge in [0.25, 0.3) is 0 Å². The number of ether oxygens (including phenoxy) is 3. The zero-order chi connectivity index (χ0) is 17.1. The van der Waals surface area contributed by atoms with E-state index in [1.54, 1.807) is 19.3 Å². The molecule has 0 spiro atoms. The third-order valence-electron chi connectivity index (χ3n) is 4.05. The second kappa shape index (κ2) is 6.74. The van der Waals surface area contributed by atoms with E-state index >= 15 is 0 Å². The molecule has 126 valence electrons. The van der Waals surface area contributed by atoms with Gasteiger partial charge in [0, 0.05) is 11.6 Å². The number of hydrogen-bond acceptors (Lipinski definition) is 5. The Labute approximate surface area is 140 Å². The molecule has 0 atom stereocenters. The number of rotatable bonds is 5. The topological polar surface area (TPSA) is 68.2 Å². The summed E-state index contributed by atoms with van der Waals surface area (Å²) in [5, 5.41) is 19.4. The Morgan fingerprint density at radius 1 is 1.04 bits per heavy atom. The Bertz CT molecular complexity index is 780. The molecular weight excluding hydrogens is 308 g/mol. The molecule has 5 heteroatoms. The summed E-state index contributed by atoms with van der Waals surface area (Å²) in [6.07, 6.45) is 3.23. The van der Waals surface area contributed by atoms with Crippen LogP contribution in [0.5, 0.6) is 23.0 Å². The SMILES string of the molecule is COc1cc(CCc2ccc(O)c(OC)c2)c2c(c1)OCC(O)=C2. The highest BCUT2D eigenvalue weighted by atomic mass is 16.5. The highest BCUT2D eigenvalue weighted by Gasteiger charge is 2.16. The van der Waals surface area contributed by atoms with Crippen LogP contribution in [0.3, 0.4) is 0 Å². The quantitative estimate of drug-likeness (QED) is 0.879. The summed E-state index contributed by atoms with van der Waals surface area (Å²) in [5.74, 6) is 2.23. The Kier molecular flexibility index (Phi) is 4.51. The summed E-state index contributed by atoms with van der Waals surface area (Å²) in [4.78, 5) is 0. The second-order valence-corrected chi connectivity index (χ2v) is 5.63. The Morgan fingerprint density at radius 3 is 2.62 bits per heavy atom. The summed E-state index contributed by atoms with van der Waals surface area (Å²) < 4.78 is 16.1. The molecule has 0 saturated carbocycles. The van der Waals surface area contributed by atoms with E-state index in [2.05, 4.69) is 0 Å². The third-order valence-corrected chi connectivity index (χ3v) is 4.05. The number of phenolic OH excluding ortho intramolecular Hbond substituents is 1. The molecule has 1 heterocycles. The first-order chi connectivity index (χ1) is 11.6. The van der Waals surface area contributed by atoms with Gasteiger partial charge in [-0.15, -0.1) is 0 Å². The molecular formula is C19H20O5. The first kappa shape index (κ1) is 16.1. The van der Waals surface area contributed by atoms with Crippen LogP contribution in [0.4, 0.5) is 0 Å². The second-order valence-electron chi connectivity index (χ2n) is 5.63. The summed E-state index contributed by atoms with van der Waals surface area (Å²) in [5.41, 5.74) is 2.96. The van der Waals surface area contributed by atoms with Crippen molar-refractivity contribution >= 4 is 6.08 Å². The molecule has 24 heavy (non-hydrogen) atoms. The number of aliphatic hydroxyl groups is 1. The first-order valence-corrected chi connectivity index (χ1v) is 7.70. The van der Waals surface area contributed by atoms with Gasteiger partial charge < -0.3 is 24.4 Å². The van der Waals surface area contributed by atoms with Gasteiger partial charge in [0.2, 0.25) is 0 Å². The van der Waals surface area contributed by atoms with Gasteiger partial charge in [-0.05, 0) is 48.2 Å². The molecule has 2 aromatic carbocycles. The fourth-order valence-corrected chi connectivity index (χ4v) is 2.78. The lowest BCUT2D eigenvalue weighted by Gasteiger charge is -2.19. The van der Waals surface area contributed by atoms with Crippen molar-refractivity contribution in [2.24, 2.45) is 0 Å². The monoisotopic (exact) mass is 328 g/mol. The van der Waals surface area contributed by atoms with Crippen LogP contribution in [0.1, 0.15) is 16.7 Å². The van der Waals surface area contributed by atoms with Crippen molar-refractivity contribution in [3.05, 3.63) is 52.8 Å². The summed E-state index contributed by atoms with van der Waals surface area (Å²) in [7, 11) is 3.15. The van der Waals surface area contributed by atoms with Gasteiger partial charge in [-0.3, -0.25) is 0 Å². The maximum Gasteiger partial charge on any atom is 0.160 e. The number of phenols is 1. The molecule has 5 nitrogen and oxygen atoms in total. The highest BCUT2D eigenvalue weighted by molar-refractivity contribution is 5.66. The standard InChI is InChI=1S/C19H20O5/c1-22-15-8-13(16-9-14(20)11-24-18(16)10-15)5-3-12-4-6-17(21)19(7-12)23-2/h4,6-10,20-21H,3,5,11H2,1-2H3. The van der Waals surface area contributed by atoms with E-state index in [4.69, 9.17) is 14.2 Å². The van der Waals surface area contributed by atoms with Crippen LogP contribution in [-0.2, 0) is 12.8 Å². The molecule has 0 amide bonds. The van der Waals surface area contributed by atoms with E-state index in [1.807, 2.05) is 24.3 Å².